The fourth-order valence-electron chi connectivity index (χ4n) is 3.56. The summed E-state index contributed by atoms with van der Waals surface area (Å²) in [5.41, 5.74) is 8.35. The first-order valence-electron chi connectivity index (χ1n) is 9.71. The molecule has 1 aliphatic rings. The highest BCUT2D eigenvalue weighted by atomic mass is 19.4. The van der Waals surface area contributed by atoms with Crippen molar-refractivity contribution < 1.29 is 17.7 Å². The lowest BCUT2D eigenvalue weighted by molar-refractivity contribution is -0.137. The van der Waals surface area contributed by atoms with Crippen molar-refractivity contribution in [3.05, 3.63) is 83.4 Å². The molecular weight excluding hydrogens is 389 g/mol. The molecule has 2 aromatic carbocycles. The van der Waals surface area contributed by atoms with Gasteiger partial charge >= 0.3 is 6.18 Å². The van der Waals surface area contributed by atoms with E-state index in [1.807, 2.05) is 43.3 Å². The van der Waals surface area contributed by atoms with Crippen molar-refractivity contribution in [2.45, 2.75) is 26.1 Å². The minimum absolute atomic E-state index is 0.172. The average Bonchev–Trinajstić information content (AvgIpc) is 3.23. The van der Waals surface area contributed by atoms with Crippen LogP contribution in [0.25, 0.3) is 28.2 Å². The Kier molecular flexibility index (Phi) is 5.35. The number of aromatic nitrogens is 1. The first-order chi connectivity index (χ1) is 14.3. The van der Waals surface area contributed by atoms with Crippen molar-refractivity contribution in [3.63, 3.8) is 0 Å². The lowest BCUT2D eigenvalue weighted by atomic mass is 9.90. The highest BCUT2D eigenvalue weighted by Crippen LogP contribution is 2.39. The second kappa shape index (κ2) is 7.95. The number of allylic oxidation sites excluding steroid dienone is 4. The molecule has 0 bridgehead atoms. The molecule has 3 aromatic rings. The monoisotopic (exact) mass is 410 g/mol. The van der Waals surface area contributed by atoms with E-state index in [4.69, 9.17) is 10.3 Å². The second-order valence-corrected chi connectivity index (χ2v) is 7.47. The fourth-order valence-corrected chi connectivity index (χ4v) is 3.56. The Balaban J connectivity index is 1.72. The highest BCUT2D eigenvalue weighted by Gasteiger charge is 2.34. The normalized spacial score (nSPS) is 16.6. The van der Waals surface area contributed by atoms with Gasteiger partial charge in [0.2, 0.25) is 0 Å². The molecule has 1 heterocycles. The van der Waals surface area contributed by atoms with E-state index in [0.29, 0.717) is 23.4 Å². The van der Waals surface area contributed by atoms with E-state index < -0.39 is 11.7 Å². The molecule has 0 amide bonds. The zero-order valence-corrected chi connectivity index (χ0v) is 16.4. The number of nitrogens with two attached hydrogens (primary N) is 1. The molecule has 3 nitrogen and oxygen atoms in total. The summed E-state index contributed by atoms with van der Waals surface area (Å²) in [6.07, 6.45) is 1.88. The molecule has 1 aromatic heterocycles. The molecular formula is C24H21F3N2O. The minimum Gasteiger partial charge on any atom is -0.356 e. The van der Waals surface area contributed by atoms with Crippen molar-refractivity contribution in [2.24, 2.45) is 11.7 Å². The van der Waals surface area contributed by atoms with Crippen LogP contribution in [0.1, 0.15) is 30.0 Å². The number of alkyl halides is 3. The summed E-state index contributed by atoms with van der Waals surface area (Å²) in [5, 5.41) is 4.02. The van der Waals surface area contributed by atoms with Crippen LogP contribution in [0.4, 0.5) is 13.2 Å². The fraction of sp³-hybridized carbons (Fsp3) is 0.208. The van der Waals surface area contributed by atoms with Crippen LogP contribution in [0.3, 0.4) is 0 Å². The molecule has 0 spiro atoms. The van der Waals surface area contributed by atoms with Gasteiger partial charge in [0.25, 0.3) is 0 Å². The summed E-state index contributed by atoms with van der Waals surface area (Å²) in [6.45, 7) is 2.42. The molecule has 0 fully saturated rings. The lowest BCUT2D eigenvalue weighted by Crippen LogP contribution is -2.10. The second-order valence-electron chi connectivity index (χ2n) is 7.47. The van der Waals surface area contributed by atoms with Crippen molar-refractivity contribution in [3.8, 4) is 22.6 Å². The third-order valence-electron chi connectivity index (χ3n) is 5.19. The molecule has 154 valence electrons. The van der Waals surface area contributed by atoms with Gasteiger partial charge in [-0.1, -0.05) is 66.7 Å². The first kappa shape index (κ1) is 20.2. The van der Waals surface area contributed by atoms with Crippen LogP contribution in [0.5, 0.6) is 0 Å². The smallest absolute Gasteiger partial charge is 0.356 e. The molecule has 0 aliphatic heterocycles. The molecule has 0 radical (unpaired) electrons. The molecule has 1 unspecified atom stereocenters. The number of benzene rings is 2. The van der Waals surface area contributed by atoms with Crippen LogP contribution < -0.4 is 5.73 Å². The van der Waals surface area contributed by atoms with Crippen LogP contribution >= 0.6 is 0 Å². The topological polar surface area (TPSA) is 52.0 Å². The van der Waals surface area contributed by atoms with Gasteiger partial charge in [0.15, 0.2) is 5.76 Å². The van der Waals surface area contributed by atoms with Gasteiger partial charge in [-0.25, -0.2) is 0 Å². The summed E-state index contributed by atoms with van der Waals surface area (Å²) < 4.78 is 46.9. The van der Waals surface area contributed by atoms with Gasteiger partial charge in [-0.2, -0.15) is 13.2 Å². The van der Waals surface area contributed by atoms with E-state index in [1.165, 1.54) is 6.07 Å². The Labute approximate surface area is 172 Å². The summed E-state index contributed by atoms with van der Waals surface area (Å²) in [5.74, 6) is 0.486. The molecule has 30 heavy (non-hydrogen) atoms. The van der Waals surface area contributed by atoms with Gasteiger partial charge in [0.05, 0.1) is 5.56 Å². The predicted octanol–water partition coefficient (Wildman–Crippen LogP) is 6.47. The predicted molar refractivity (Wildman–Crippen MR) is 111 cm³/mol. The maximum absolute atomic E-state index is 13.8. The molecule has 0 saturated heterocycles. The number of nitrogens with zero attached hydrogens (tertiary/aromatic N) is 1. The molecule has 6 heteroatoms. The van der Waals surface area contributed by atoms with E-state index in [0.717, 1.165) is 23.6 Å². The molecule has 4 rings (SSSR count). The summed E-state index contributed by atoms with van der Waals surface area (Å²) >= 11 is 0. The van der Waals surface area contributed by atoms with E-state index in [2.05, 4.69) is 5.16 Å². The Morgan fingerprint density at radius 2 is 1.80 bits per heavy atom. The average molecular weight is 410 g/mol. The van der Waals surface area contributed by atoms with E-state index in [9.17, 15) is 13.2 Å². The standard InChI is InChI=1S/C24H21F3N2O/c1-15-3-2-4-18(11-15)20-10-9-19(12-21(20)24(25,26)27)23-13-22(29-30-23)17-7-5-16(14-28)6-8-17/h2,4-13,15H,3,14,28H2,1H3. The van der Waals surface area contributed by atoms with Gasteiger partial charge in [-0.05, 0) is 35.1 Å². The number of hydrogen-bond acceptors (Lipinski definition) is 3. The maximum atomic E-state index is 13.8. The molecule has 2 N–H and O–H groups in total. The summed E-state index contributed by atoms with van der Waals surface area (Å²) in [7, 11) is 0. The van der Waals surface area contributed by atoms with Crippen LogP contribution in [-0.4, -0.2) is 5.16 Å². The van der Waals surface area contributed by atoms with E-state index >= 15 is 0 Å². The molecule has 1 aliphatic carbocycles. The Morgan fingerprint density at radius 3 is 2.47 bits per heavy atom. The van der Waals surface area contributed by atoms with Crippen LogP contribution in [0, 0.1) is 5.92 Å². The zero-order chi connectivity index (χ0) is 21.3. The van der Waals surface area contributed by atoms with Crippen LogP contribution in [-0.2, 0) is 12.7 Å². The number of halogens is 3. The van der Waals surface area contributed by atoms with Crippen LogP contribution in [0.2, 0.25) is 0 Å². The zero-order valence-electron chi connectivity index (χ0n) is 16.4. The number of hydrogen-bond donors (Lipinski definition) is 1. The van der Waals surface area contributed by atoms with Gasteiger partial charge in [0, 0.05) is 23.7 Å². The third-order valence-corrected chi connectivity index (χ3v) is 5.19. The van der Waals surface area contributed by atoms with Crippen molar-refractivity contribution in [1.82, 2.24) is 5.16 Å². The SMILES string of the molecule is CC1C=C(c2ccc(-c3cc(-c4ccc(CN)cc4)no3)cc2C(F)(F)F)C=CC1. The Hall–Kier alpha value is -3.12. The Bertz CT molecular complexity index is 1110. The van der Waals surface area contributed by atoms with Crippen LogP contribution in [0.15, 0.2) is 71.3 Å². The van der Waals surface area contributed by atoms with Gasteiger partial charge in [-0.15, -0.1) is 0 Å². The number of rotatable bonds is 4. The lowest BCUT2D eigenvalue weighted by Gasteiger charge is -2.18. The Morgan fingerprint density at radius 1 is 1.07 bits per heavy atom. The van der Waals surface area contributed by atoms with Crippen molar-refractivity contribution >= 4 is 5.57 Å². The molecule has 0 saturated carbocycles. The summed E-state index contributed by atoms with van der Waals surface area (Å²) in [4.78, 5) is 0. The molecule has 1 atom stereocenters. The first-order valence-corrected chi connectivity index (χ1v) is 9.71. The minimum atomic E-state index is -4.48. The largest absolute Gasteiger partial charge is 0.417 e. The van der Waals surface area contributed by atoms with Gasteiger partial charge in [-0.3, -0.25) is 0 Å². The maximum Gasteiger partial charge on any atom is 0.417 e. The van der Waals surface area contributed by atoms with Gasteiger partial charge in [0.1, 0.15) is 5.69 Å². The van der Waals surface area contributed by atoms with Crippen molar-refractivity contribution in [2.75, 3.05) is 0 Å². The van der Waals surface area contributed by atoms with E-state index in [1.54, 1.807) is 18.2 Å². The van der Waals surface area contributed by atoms with E-state index in [-0.39, 0.29) is 17.2 Å². The van der Waals surface area contributed by atoms with Gasteiger partial charge < -0.3 is 10.3 Å². The third kappa shape index (κ3) is 4.09. The quantitative estimate of drug-likeness (QED) is 0.537. The highest BCUT2D eigenvalue weighted by molar-refractivity contribution is 5.79. The summed E-state index contributed by atoms with van der Waals surface area (Å²) in [6, 6.07) is 13.4. The van der Waals surface area contributed by atoms with Crippen molar-refractivity contribution in [1.29, 1.82) is 0 Å².